The number of pyridine rings is 1. The van der Waals surface area contributed by atoms with Crippen LogP contribution >= 0.6 is 24.0 Å². The molecule has 156 valence electrons. The van der Waals surface area contributed by atoms with Gasteiger partial charge in [0.25, 0.3) is 0 Å². The van der Waals surface area contributed by atoms with Crippen LogP contribution in [0.15, 0.2) is 23.3 Å². The van der Waals surface area contributed by atoms with Crippen LogP contribution in [0.3, 0.4) is 0 Å². The van der Waals surface area contributed by atoms with Crippen LogP contribution in [0, 0.1) is 5.92 Å². The van der Waals surface area contributed by atoms with Crippen LogP contribution in [-0.2, 0) is 11.3 Å². The molecule has 1 amide bonds. The van der Waals surface area contributed by atoms with Crippen LogP contribution in [-0.4, -0.2) is 54.5 Å². The third-order valence-corrected chi connectivity index (χ3v) is 5.34. The normalized spacial score (nSPS) is 20.0. The molecule has 2 N–H and O–H groups in total. The van der Waals surface area contributed by atoms with Gasteiger partial charge in [-0.15, -0.1) is 24.0 Å². The Labute approximate surface area is 184 Å². The van der Waals surface area contributed by atoms with E-state index in [1.54, 1.807) is 13.3 Å². The molecule has 1 aliphatic carbocycles. The van der Waals surface area contributed by atoms with E-state index in [0.29, 0.717) is 18.3 Å². The minimum Gasteiger partial charge on any atom is -0.481 e. The second kappa shape index (κ2) is 11.4. The Morgan fingerprint density at radius 1 is 1.36 bits per heavy atom. The quantitative estimate of drug-likeness (QED) is 0.356. The molecule has 2 heterocycles. The zero-order valence-electron chi connectivity index (χ0n) is 16.8. The lowest BCUT2D eigenvalue weighted by Crippen LogP contribution is -2.45. The van der Waals surface area contributed by atoms with Crippen LogP contribution < -0.4 is 15.4 Å². The summed E-state index contributed by atoms with van der Waals surface area (Å²) in [4.78, 5) is 23.5. The smallest absolute Gasteiger partial charge is 0.225 e. The van der Waals surface area contributed by atoms with E-state index >= 15 is 0 Å². The number of nitrogens with one attached hydrogen (secondary N) is 2. The number of nitrogens with zero attached hydrogens (tertiary/aromatic N) is 3. The summed E-state index contributed by atoms with van der Waals surface area (Å²) in [6.45, 7) is 4.92. The molecule has 8 heteroatoms. The van der Waals surface area contributed by atoms with E-state index in [-0.39, 0.29) is 35.9 Å². The number of methoxy groups -OCH3 is 1. The predicted octanol–water partition coefficient (Wildman–Crippen LogP) is 2.55. The van der Waals surface area contributed by atoms with Gasteiger partial charge in [-0.3, -0.25) is 4.79 Å². The molecule has 7 nitrogen and oxygen atoms in total. The number of guanidine groups is 1. The summed E-state index contributed by atoms with van der Waals surface area (Å²) < 4.78 is 5.29. The predicted molar refractivity (Wildman–Crippen MR) is 121 cm³/mol. The molecule has 1 atom stereocenters. The van der Waals surface area contributed by atoms with Crippen molar-refractivity contribution in [1.29, 1.82) is 0 Å². The Hall–Kier alpha value is -1.58. The van der Waals surface area contributed by atoms with E-state index in [4.69, 9.17) is 4.74 Å². The molecule has 1 aromatic rings. The Balaban J connectivity index is 0.00000280. The van der Waals surface area contributed by atoms with Crippen LogP contribution in [0.25, 0.3) is 0 Å². The maximum absolute atomic E-state index is 12.6. The first-order valence-electron chi connectivity index (χ1n) is 10.0. The van der Waals surface area contributed by atoms with Gasteiger partial charge in [0.15, 0.2) is 5.96 Å². The standard InChI is InChI=1S/C20H31N5O2.HI/c1-3-21-20(23-13-16-9-6-11-22-18(16)27-2)24-17-10-12-25(14-17)19(26)15-7-4-5-8-15;/h6,9,11,15,17H,3-5,7-8,10,12-14H2,1-2H3,(H2,21,23,24);1H. The largest absolute Gasteiger partial charge is 0.481 e. The van der Waals surface area contributed by atoms with Crippen molar-refractivity contribution >= 4 is 35.8 Å². The fourth-order valence-electron chi connectivity index (χ4n) is 3.92. The van der Waals surface area contributed by atoms with Crippen molar-refractivity contribution in [2.45, 2.75) is 51.6 Å². The van der Waals surface area contributed by atoms with Gasteiger partial charge in [0.05, 0.1) is 13.7 Å². The minimum absolute atomic E-state index is 0. The molecule has 0 aromatic carbocycles. The van der Waals surface area contributed by atoms with E-state index in [1.807, 2.05) is 24.0 Å². The van der Waals surface area contributed by atoms with Gasteiger partial charge in [0.2, 0.25) is 11.8 Å². The van der Waals surface area contributed by atoms with Gasteiger partial charge < -0.3 is 20.3 Å². The molecule has 0 radical (unpaired) electrons. The first kappa shape index (κ1) is 22.7. The number of rotatable bonds is 6. The fraction of sp³-hybridized carbons (Fsp3) is 0.650. The summed E-state index contributed by atoms with van der Waals surface area (Å²) in [5.41, 5.74) is 0.946. The monoisotopic (exact) mass is 501 g/mol. The van der Waals surface area contributed by atoms with Crippen molar-refractivity contribution in [2.75, 3.05) is 26.7 Å². The second-order valence-electron chi connectivity index (χ2n) is 7.26. The summed E-state index contributed by atoms with van der Waals surface area (Å²) >= 11 is 0. The van der Waals surface area contributed by atoms with Crippen LogP contribution in [0.2, 0.25) is 0 Å². The Morgan fingerprint density at radius 2 is 2.14 bits per heavy atom. The number of likely N-dealkylation sites (tertiary alicyclic amines) is 1. The number of aromatic nitrogens is 1. The van der Waals surface area contributed by atoms with Crippen molar-refractivity contribution in [3.05, 3.63) is 23.9 Å². The Bertz CT molecular complexity index is 664. The molecule has 1 aliphatic heterocycles. The highest BCUT2D eigenvalue weighted by atomic mass is 127. The first-order chi connectivity index (χ1) is 13.2. The first-order valence-corrected chi connectivity index (χ1v) is 10.0. The Morgan fingerprint density at radius 3 is 2.86 bits per heavy atom. The van der Waals surface area contributed by atoms with E-state index in [2.05, 4.69) is 20.6 Å². The number of carbonyl (C=O) groups excluding carboxylic acids is 1. The van der Waals surface area contributed by atoms with Gasteiger partial charge in [-0.05, 0) is 32.3 Å². The lowest BCUT2D eigenvalue weighted by Gasteiger charge is -2.21. The zero-order chi connectivity index (χ0) is 19.1. The van der Waals surface area contributed by atoms with Gasteiger partial charge >= 0.3 is 0 Å². The molecule has 0 spiro atoms. The highest BCUT2D eigenvalue weighted by molar-refractivity contribution is 14.0. The number of aliphatic imine (C=N–C) groups is 1. The van der Waals surface area contributed by atoms with Crippen LogP contribution in [0.1, 0.15) is 44.6 Å². The number of carbonyl (C=O) groups is 1. The molecule has 0 bridgehead atoms. The third-order valence-electron chi connectivity index (χ3n) is 5.34. The van der Waals surface area contributed by atoms with Gasteiger partial charge in [-0.25, -0.2) is 9.98 Å². The molecule has 1 saturated carbocycles. The summed E-state index contributed by atoms with van der Waals surface area (Å²) in [6, 6.07) is 4.09. The number of amides is 1. The van der Waals surface area contributed by atoms with Gasteiger partial charge in [0.1, 0.15) is 0 Å². The molecular formula is C20H32IN5O2. The summed E-state index contributed by atoms with van der Waals surface area (Å²) in [5, 5.41) is 6.77. The number of halogens is 1. The maximum Gasteiger partial charge on any atom is 0.225 e. The van der Waals surface area contributed by atoms with Crippen LogP contribution in [0.5, 0.6) is 5.88 Å². The van der Waals surface area contributed by atoms with E-state index < -0.39 is 0 Å². The second-order valence-corrected chi connectivity index (χ2v) is 7.26. The van der Waals surface area contributed by atoms with Crippen molar-refractivity contribution in [2.24, 2.45) is 10.9 Å². The molecule has 1 unspecified atom stereocenters. The molecular weight excluding hydrogens is 469 g/mol. The number of hydrogen-bond acceptors (Lipinski definition) is 4. The minimum atomic E-state index is 0. The fourth-order valence-corrected chi connectivity index (χ4v) is 3.92. The lowest BCUT2D eigenvalue weighted by atomic mass is 10.1. The number of ether oxygens (including phenoxy) is 1. The third kappa shape index (κ3) is 5.96. The highest BCUT2D eigenvalue weighted by Gasteiger charge is 2.32. The van der Waals surface area contributed by atoms with Gasteiger partial charge in [-0.1, -0.05) is 18.9 Å². The van der Waals surface area contributed by atoms with Crippen molar-refractivity contribution < 1.29 is 9.53 Å². The van der Waals surface area contributed by atoms with Gasteiger partial charge in [0, 0.05) is 43.4 Å². The zero-order valence-corrected chi connectivity index (χ0v) is 19.1. The molecule has 2 aliphatic rings. The Kier molecular flexibility index (Phi) is 9.27. The SMILES string of the molecule is CCNC(=NCc1cccnc1OC)NC1CCN(C(=O)C2CCCC2)C1.I. The molecule has 28 heavy (non-hydrogen) atoms. The summed E-state index contributed by atoms with van der Waals surface area (Å²) in [5.74, 6) is 1.97. The maximum atomic E-state index is 12.6. The summed E-state index contributed by atoms with van der Waals surface area (Å²) in [7, 11) is 1.62. The van der Waals surface area contributed by atoms with Crippen molar-refractivity contribution in [1.82, 2.24) is 20.5 Å². The highest BCUT2D eigenvalue weighted by Crippen LogP contribution is 2.27. The topological polar surface area (TPSA) is 78.9 Å². The van der Waals surface area contributed by atoms with E-state index in [1.165, 1.54) is 12.8 Å². The summed E-state index contributed by atoms with van der Waals surface area (Å²) in [6.07, 6.45) is 7.18. The average molecular weight is 501 g/mol. The lowest BCUT2D eigenvalue weighted by molar-refractivity contribution is -0.134. The van der Waals surface area contributed by atoms with E-state index in [9.17, 15) is 4.79 Å². The molecule has 3 rings (SSSR count). The molecule has 1 aromatic heterocycles. The van der Waals surface area contributed by atoms with Crippen LogP contribution in [0.4, 0.5) is 0 Å². The average Bonchev–Trinajstić information content (AvgIpc) is 3.38. The van der Waals surface area contributed by atoms with Gasteiger partial charge in [-0.2, -0.15) is 0 Å². The van der Waals surface area contributed by atoms with E-state index in [0.717, 1.165) is 50.4 Å². The van der Waals surface area contributed by atoms with Crippen molar-refractivity contribution in [3.63, 3.8) is 0 Å². The number of hydrogen-bond donors (Lipinski definition) is 2. The van der Waals surface area contributed by atoms with Crippen molar-refractivity contribution in [3.8, 4) is 5.88 Å². The molecule has 2 fully saturated rings. The molecule has 1 saturated heterocycles.